The molecule has 0 fully saturated rings. The van der Waals surface area contributed by atoms with Crippen LogP contribution >= 0.6 is 15.9 Å². The van der Waals surface area contributed by atoms with E-state index in [0.717, 1.165) is 0 Å². The Morgan fingerprint density at radius 3 is 2.85 bits per heavy atom. The minimum atomic E-state index is -4.05. The maximum atomic E-state index is 12.0. The monoisotopic (exact) mass is 364 g/mol. The lowest BCUT2D eigenvalue weighted by Crippen LogP contribution is -2.27. The summed E-state index contributed by atoms with van der Waals surface area (Å²) in [4.78, 5) is 27.4. The maximum absolute atomic E-state index is 12.0. The Morgan fingerprint density at radius 1 is 1.50 bits per heavy atom. The quantitative estimate of drug-likeness (QED) is 0.643. The number of nitrogens with one attached hydrogen (secondary N) is 2. The number of carbonyl (C=O) groups is 2. The molecule has 1 amide bonds. The number of halogens is 1. The lowest BCUT2D eigenvalue weighted by molar-refractivity contribution is -0.143. The summed E-state index contributed by atoms with van der Waals surface area (Å²) in [6.07, 6.45) is 0.0844. The van der Waals surface area contributed by atoms with E-state index in [4.69, 9.17) is 5.11 Å². The molecule has 0 atom stereocenters. The number of aliphatic carboxylic acids is 1. The Bertz CT molecular complexity index is 687. The number of sulfonamides is 1. The van der Waals surface area contributed by atoms with E-state index < -0.39 is 22.6 Å². The molecule has 0 aliphatic carbocycles. The molecule has 0 spiro atoms. The highest BCUT2D eigenvalue weighted by atomic mass is 79.9. The third-order valence-electron chi connectivity index (χ3n) is 2.44. The van der Waals surface area contributed by atoms with Gasteiger partial charge < -0.3 is 10.4 Å². The van der Waals surface area contributed by atoms with Crippen LogP contribution in [0.4, 0.5) is 5.69 Å². The Kier molecular flexibility index (Phi) is 4.09. The third kappa shape index (κ3) is 3.15. The van der Waals surface area contributed by atoms with Crippen molar-refractivity contribution >= 4 is 43.5 Å². The molecule has 0 aromatic heterocycles. The molecule has 0 bridgehead atoms. The number of carboxylic acids is 1. The molecule has 108 valence electrons. The number of carboxylic acid groups (broad SMARTS) is 1. The molecule has 10 heteroatoms. The van der Waals surface area contributed by atoms with E-state index in [1.807, 2.05) is 0 Å². The van der Waals surface area contributed by atoms with Crippen LogP contribution in [0, 0.1) is 0 Å². The lowest BCUT2D eigenvalue weighted by atomic mass is 10.2. The van der Waals surface area contributed by atoms with Gasteiger partial charge in [0.15, 0.2) is 6.61 Å². The molecule has 20 heavy (non-hydrogen) atoms. The highest BCUT2D eigenvalue weighted by molar-refractivity contribution is 9.10. The largest absolute Gasteiger partial charge is 0.479 e. The van der Waals surface area contributed by atoms with Crippen molar-refractivity contribution in [2.45, 2.75) is 11.3 Å². The van der Waals surface area contributed by atoms with Gasteiger partial charge in [0.2, 0.25) is 5.91 Å². The molecule has 1 heterocycles. The minimum absolute atomic E-state index is 0.0844. The number of hydrogen-bond acceptors (Lipinski definition) is 5. The van der Waals surface area contributed by atoms with E-state index in [0.29, 0.717) is 11.3 Å². The minimum Gasteiger partial charge on any atom is -0.479 e. The summed E-state index contributed by atoms with van der Waals surface area (Å²) in [5, 5.41) is 11.0. The van der Waals surface area contributed by atoms with Crippen molar-refractivity contribution < 1.29 is 28.0 Å². The fraction of sp³-hybridized carbons (Fsp3) is 0.200. The zero-order valence-corrected chi connectivity index (χ0v) is 12.2. The van der Waals surface area contributed by atoms with Gasteiger partial charge >= 0.3 is 5.97 Å². The molecule has 0 saturated heterocycles. The molecule has 0 saturated carbocycles. The van der Waals surface area contributed by atoms with Crippen LogP contribution in [0.5, 0.6) is 0 Å². The van der Waals surface area contributed by atoms with Gasteiger partial charge in [-0.05, 0) is 33.6 Å². The number of benzene rings is 1. The lowest BCUT2D eigenvalue weighted by Gasteiger charge is -2.09. The first-order valence-corrected chi connectivity index (χ1v) is 7.55. The second-order valence-corrected chi connectivity index (χ2v) is 6.40. The second-order valence-electron chi connectivity index (χ2n) is 3.93. The summed E-state index contributed by atoms with van der Waals surface area (Å²) in [5.41, 5.74) is 1.07. The Morgan fingerprint density at radius 2 is 2.20 bits per heavy atom. The van der Waals surface area contributed by atoms with E-state index in [-0.39, 0.29) is 21.7 Å². The first kappa shape index (κ1) is 14.9. The molecule has 0 radical (unpaired) electrons. The summed E-state index contributed by atoms with van der Waals surface area (Å²) in [5.74, 6) is -1.54. The Balaban J connectivity index is 2.26. The Hall–Kier alpha value is -1.49. The molecule has 3 N–H and O–H groups in total. The number of carbonyl (C=O) groups excluding carboxylic acids is 1. The van der Waals surface area contributed by atoms with Gasteiger partial charge in [-0.15, -0.1) is 0 Å². The van der Waals surface area contributed by atoms with Gasteiger partial charge in [0.1, 0.15) is 0 Å². The second kappa shape index (κ2) is 5.48. The molecule has 1 aliphatic heterocycles. The topological polar surface area (TPSA) is 122 Å². The van der Waals surface area contributed by atoms with Gasteiger partial charge in [-0.1, -0.05) is 4.89 Å². The smallest absolute Gasteiger partial charge is 0.331 e. The molecule has 1 aliphatic rings. The summed E-state index contributed by atoms with van der Waals surface area (Å²) in [6.45, 7) is -0.804. The van der Waals surface area contributed by atoms with Crippen molar-refractivity contribution in [3.05, 3.63) is 22.2 Å². The summed E-state index contributed by atoms with van der Waals surface area (Å²) in [6, 6.07) is 2.79. The highest BCUT2D eigenvalue weighted by Gasteiger charge is 2.25. The van der Waals surface area contributed by atoms with Crippen LogP contribution in [0.3, 0.4) is 0 Å². The van der Waals surface area contributed by atoms with Crippen LogP contribution in [0.25, 0.3) is 0 Å². The van der Waals surface area contributed by atoms with Gasteiger partial charge in [0.05, 0.1) is 11.3 Å². The first-order valence-electron chi connectivity index (χ1n) is 5.27. The number of amides is 1. The van der Waals surface area contributed by atoms with Crippen molar-refractivity contribution in [3.8, 4) is 0 Å². The SMILES string of the molecule is O=C(O)CONS(=O)(=O)c1cc2c(cc1Br)NC(=O)C2. The average molecular weight is 365 g/mol. The first-order chi connectivity index (χ1) is 9.29. The van der Waals surface area contributed by atoms with Crippen LogP contribution in [-0.4, -0.2) is 32.0 Å². The predicted octanol–water partition coefficient (Wildman–Crippen LogP) is 0.238. The van der Waals surface area contributed by atoms with Crippen molar-refractivity contribution in [1.82, 2.24) is 4.89 Å². The molecular weight excluding hydrogens is 356 g/mol. The number of hydrogen-bond donors (Lipinski definition) is 3. The molecule has 1 aromatic carbocycles. The van der Waals surface area contributed by atoms with Crippen LogP contribution in [-0.2, 0) is 30.9 Å². The van der Waals surface area contributed by atoms with Crippen molar-refractivity contribution in [2.75, 3.05) is 11.9 Å². The van der Waals surface area contributed by atoms with Crippen LogP contribution in [0.2, 0.25) is 0 Å². The third-order valence-corrected chi connectivity index (χ3v) is 4.61. The van der Waals surface area contributed by atoms with Gasteiger partial charge in [0.25, 0.3) is 10.0 Å². The van der Waals surface area contributed by atoms with Crippen LogP contribution in [0.1, 0.15) is 5.56 Å². The molecule has 2 rings (SSSR count). The predicted molar refractivity (Wildman–Crippen MR) is 70.4 cm³/mol. The van der Waals surface area contributed by atoms with Crippen LogP contribution in [0.15, 0.2) is 21.5 Å². The fourth-order valence-corrected chi connectivity index (χ4v) is 3.54. The zero-order chi connectivity index (χ0) is 14.9. The number of anilines is 1. The van der Waals surface area contributed by atoms with Gasteiger partial charge in [-0.3, -0.25) is 9.63 Å². The van der Waals surface area contributed by atoms with Gasteiger partial charge in [-0.2, -0.15) is 0 Å². The highest BCUT2D eigenvalue weighted by Crippen LogP contribution is 2.32. The van der Waals surface area contributed by atoms with Crippen molar-refractivity contribution in [1.29, 1.82) is 0 Å². The van der Waals surface area contributed by atoms with Crippen molar-refractivity contribution in [3.63, 3.8) is 0 Å². The summed E-state index contributed by atoms with van der Waals surface area (Å²) >= 11 is 3.08. The molecular formula is C10H9BrN2O6S. The maximum Gasteiger partial charge on any atom is 0.331 e. The van der Waals surface area contributed by atoms with Crippen LogP contribution < -0.4 is 10.2 Å². The Labute approximate surface area is 122 Å². The number of fused-ring (bicyclic) bond motifs is 1. The number of rotatable bonds is 5. The molecule has 8 nitrogen and oxygen atoms in total. The normalized spacial score (nSPS) is 13.9. The van der Waals surface area contributed by atoms with E-state index in [1.165, 1.54) is 12.1 Å². The van der Waals surface area contributed by atoms with Gasteiger partial charge in [0, 0.05) is 10.2 Å². The van der Waals surface area contributed by atoms with E-state index in [1.54, 1.807) is 4.89 Å². The van der Waals surface area contributed by atoms with Gasteiger partial charge in [-0.25, -0.2) is 13.2 Å². The fourth-order valence-electron chi connectivity index (χ4n) is 1.65. The van der Waals surface area contributed by atoms with Crippen molar-refractivity contribution in [2.24, 2.45) is 0 Å². The summed E-state index contributed by atoms with van der Waals surface area (Å²) in [7, 11) is -4.05. The molecule has 1 aromatic rings. The average Bonchev–Trinajstić information content (AvgIpc) is 2.66. The standard InChI is InChI=1S/C10H9BrN2O6S/c11-6-3-7-5(2-9(14)12-7)1-8(6)20(17,18)13-19-4-10(15)16/h1,3,13H,2,4H2,(H,12,14)(H,15,16). The zero-order valence-electron chi connectivity index (χ0n) is 9.84. The van der Waals surface area contributed by atoms with E-state index in [2.05, 4.69) is 26.1 Å². The molecule has 0 unspecified atom stereocenters. The van der Waals surface area contributed by atoms with E-state index >= 15 is 0 Å². The van der Waals surface area contributed by atoms with E-state index in [9.17, 15) is 18.0 Å². The summed E-state index contributed by atoms with van der Waals surface area (Å²) < 4.78 is 24.1.